The maximum Gasteiger partial charge on any atom is 0.240 e. The summed E-state index contributed by atoms with van der Waals surface area (Å²) in [5.41, 5.74) is 1.10. The standard InChI is InChI=1S/C18H28N2O3S/c1-14(2)16-6-8-17(9-7-16)24(22,23)19-11-10-18(21)20-12-4-5-15(3)13-20/h6-9,14-15,19H,4-5,10-13H2,1-3H3. The fourth-order valence-electron chi connectivity index (χ4n) is 2.98. The van der Waals surface area contributed by atoms with Crippen molar-refractivity contribution >= 4 is 15.9 Å². The molecule has 0 saturated carbocycles. The number of sulfonamides is 1. The summed E-state index contributed by atoms with van der Waals surface area (Å²) in [6, 6.07) is 6.90. The van der Waals surface area contributed by atoms with E-state index in [4.69, 9.17) is 0 Å². The first-order chi connectivity index (χ1) is 11.3. The zero-order chi connectivity index (χ0) is 17.7. The normalized spacial score (nSPS) is 18.8. The molecule has 1 heterocycles. The Morgan fingerprint density at radius 1 is 1.29 bits per heavy atom. The van der Waals surface area contributed by atoms with Gasteiger partial charge in [-0.2, -0.15) is 0 Å². The Morgan fingerprint density at radius 3 is 2.54 bits per heavy atom. The van der Waals surface area contributed by atoms with Crippen LogP contribution in [0.4, 0.5) is 0 Å². The highest BCUT2D eigenvalue weighted by molar-refractivity contribution is 7.89. The molecule has 1 aliphatic heterocycles. The van der Waals surface area contributed by atoms with Gasteiger partial charge in [-0.1, -0.05) is 32.9 Å². The topological polar surface area (TPSA) is 66.5 Å². The molecular formula is C18H28N2O3S. The van der Waals surface area contributed by atoms with Crippen molar-refractivity contribution in [1.29, 1.82) is 0 Å². The molecule has 1 atom stereocenters. The van der Waals surface area contributed by atoms with Gasteiger partial charge < -0.3 is 4.90 Å². The number of carbonyl (C=O) groups is 1. The van der Waals surface area contributed by atoms with Crippen LogP contribution in [0.3, 0.4) is 0 Å². The van der Waals surface area contributed by atoms with Crippen molar-refractivity contribution in [1.82, 2.24) is 9.62 Å². The first kappa shape index (κ1) is 18.9. The van der Waals surface area contributed by atoms with Crippen LogP contribution in [0.15, 0.2) is 29.2 Å². The van der Waals surface area contributed by atoms with Crippen LogP contribution in [-0.2, 0) is 14.8 Å². The minimum atomic E-state index is -3.56. The molecule has 2 rings (SSSR count). The van der Waals surface area contributed by atoms with Crippen molar-refractivity contribution in [3.63, 3.8) is 0 Å². The van der Waals surface area contributed by atoms with Crippen LogP contribution in [-0.4, -0.2) is 38.9 Å². The van der Waals surface area contributed by atoms with E-state index in [9.17, 15) is 13.2 Å². The van der Waals surface area contributed by atoms with Crippen LogP contribution >= 0.6 is 0 Å². The lowest BCUT2D eigenvalue weighted by molar-refractivity contribution is -0.132. The minimum Gasteiger partial charge on any atom is -0.342 e. The lowest BCUT2D eigenvalue weighted by atomic mass is 10.0. The molecule has 1 unspecified atom stereocenters. The first-order valence-corrected chi connectivity index (χ1v) is 10.2. The van der Waals surface area contributed by atoms with Gasteiger partial charge in [0, 0.05) is 26.1 Å². The third-order valence-electron chi connectivity index (χ3n) is 4.50. The average molecular weight is 353 g/mol. The summed E-state index contributed by atoms with van der Waals surface area (Å²) >= 11 is 0. The van der Waals surface area contributed by atoms with Crippen molar-refractivity contribution in [3.8, 4) is 0 Å². The highest BCUT2D eigenvalue weighted by Gasteiger charge is 2.21. The molecule has 134 valence electrons. The molecule has 0 radical (unpaired) electrons. The third-order valence-corrected chi connectivity index (χ3v) is 5.97. The van der Waals surface area contributed by atoms with Gasteiger partial charge in [0.15, 0.2) is 0 Å². The second-order valence-corrected chi connectivity index (χ2v) is 8.73. The van der Waals surface area contributed by atoms with Crippen molar-refractivity contribution in [2.24, 2.45) is 5.92 Å². The molecule has 0 bridgehead atoms. The highest BCUT2D eigenvalue weighted by atomic mass is 32.2. The average Bonchev–Trinajstić information content (AvgIpc) is 2.54. The Labute approximate surface area is 145 Å². The summed E-state index contributed by atoms with van der Waals surface area (Å²) in [4.78, 5) is 14.3. The van der Waals surface area contributed by atoms with Crippen LogP contribution in [0, 0.1) is 5.92 Å². The van der Waals surface area contributed by atoms with E-state index in [1.165, 1.54) is 0 Å². The number of likely N-dealkylation sites (tertiary alicyclic amines) is 1. The Balaban J connectivity index is 1.87. The highest BCUT2D eigenvalue weighted by Crippen LogP contribution is 2.18. The van der Waals surface area contributed by atoms with E-state index >= 15 is 0 Å². The summed E-state index contributed by atoms with van der Waals surface area (Å²) in [5, 5.41) is 0. The molecule has 1 aromatic rings. The van der Waals surface area contributed by atoms with E-state index in [1.54, 1.807) is 12.1 Å². The molecule has 1 saturated heterocycles. The number of nitrogens with zero attached hydrogens (tertiary/aromatic N) is 1. The van der Waals surface area contributed by atoms with Gasteiger partial charge in [-0.15, -0.1) is 0 Å². The predicted octanol–water partition coefficient (Wildman–Crippen LogP) is 2.74. The molecule has 1 aliphatic rings. The van der Waals surface area contributed by atoms with Gasteiger partial charge in [0.2, 0.25) is 15.9 Å². The van der Waals surface area contributed by atoms with Gasteiger partial charge in [0.05, 0.1) is 4.90 Å². The van der Waals surface area contributed by atoms with Crippen LogP contribution in [0.5, 0.6) is 0 Å². The van der Waals surface area contributed by atoms with Crippen LogP contribution in [0.25, 0.3) is 0 Å². The van der Waals surface area contributed by atoms with Crippen molar-refractivity contribution in [2.45, 2.75) is 50.8 Å². The fraction of sp³-hybridized carbons (Fsp3) is 0.611. The lowest BCUT2D eigenvalue weighted by Crippen LogP contribution is -2.40. The van der Waals surface area contributed by atoms with E-state index in [1.807, 2.05) is 17.0 Å². The summed E-state index contributed by atoms with van der Waals surface area (Å²) in [5.74, 6) is 0.914. The van der Waals surface area contributed by atoms with Gasteiger partial charge in [0.1, 0.15) is 0 Å². The molecule has 1 fully saturated rings. The summed E-state index contributed by atoms with van der Waals surface area (Å²) in [6.45, 7) is 7.97. The van der Waals surface area contributed by atoms with E-state index in [-0.39, 0.29) is 23.8 Å². The third kappa shape index (κ3) is 5.05. The minimum absolute atomic E-state index is 0.0272. The number of nitrogens with one attached hydrogen (secondary N) is 1. The molecule has 1 aromatic carbocycles. The summed E-state index contributed by atoms with van der Waals surface area (Å²) < 4.78 is 27.1. The van der Waals surface area contributed by atoms with E-state index < -0.39 is 10.0 Å². The van der Waals surface area contributed by atoms with Crippen molar-refractivity contribution in [3.05, 3.63) is 29.8 Å². The number of hydrogen-bond donors (Lipinski definition) is 1. The molecule has 0 spiro atoms. The fourth-order valence-corrected chi connectivity index (χ4v) is 4.01. The SMILES string of the molecule is CC1CCCN(C(=O)CCNS(=O)(=O)c2ccc(C(C)C)cc2)C1. The number of piperidine rings is 1. The summed E-state index contributed by atoms with van der Waals surface area (Å²) in [7, 11) is -3.56. The molecule has 6 heteroatoms. The van der Waals surface area contributed by atoms with E-state index in [0.29, 0.717) is 11.8 Å². The zero-order valence-corrected chi connectivity index (χ0v) is 15.6. The van der Waals surface area contributed by atoms with Crippen molar-refractivity contribution in [2.75, 3.05) is 19.6 Å². The molecule has 0 aromatic heterocycles. The van der Waals surface area contributed by atoms with Gasteiger partial charge in [-0.3, -0.25) is 4.79 Å². The van der Waals surface area contributed by atoms with E-state index in [0.717, 1.165) is 31.5 Å². The number of hydrogen-bond acceptors (Lipinski definition) is 3. The number of amides is 1. The maximum atomic E-state index is 12.3. The van der Waals surface area contributed by atoms with Gasteiger partial charge in [0.25, 0.3) is 0 Å². The monoisotopic (exact) mass is 352 g/mol. The van der Waals surface area contributed by atoms with Crippen LogP contribution in [0.2, 0.25) is 0 Å². The smallest absolute Gasteiger partial charge is 0.240 e. The predicted molar refractivity (Wildman–Crippen MR) is 95.3 cm³/mol. The van der Waals surface area contributed by atoms with Gasteiger partial charge in [-0.05, 0) is 42.4 Å². The number of rotatable bonds is 6. The molecular weight excluding hydrogens is 324 g/mol. The van der Waals surface area contributed by atoms with Gasteiger partial charge in [-0.25, -0.2) is 13.1 Å². The second-order valence-electron chi connectivity index (χ2n) is 6.96. The van der Waals surface area contributed by atoms with Crippen molar-refractivity contribution < 1.29 is 13.2 Å². The molecule has 1 amide bonds. The maximum absolute atomic E-state index is 12.3. The van der Waals surface area contributed by atoms with Gasteiger partial charge >= 0.3 is 0 Å². The number of benzene rings is 1. The Hall–Kier alpha value is -1.40. The molecule has 0 aliphatic carbocycles. The zero-order valence-electron chi connectivity index (χ0n) is 14.8. The Bertz CT molecular complexity index is 653. The first-order valence-electron chi connectivity index (χ1n) is 8.67. The summed E-state index contributed by atoms with van der Waals surface area (Å²) in [6.07, 6.45) is 2.39. The van der Waals surface area contributed by atoms with Crippen LogP contribution in [0.1, 0.15) is 51.5 Å². The van der Waals surface area contributed by atoms with E-state index in [2.05, 4.69) is 25.5 Å². The largest absolute Gasteiger partial charge is 0.342 e. The second kappa shape index (κ2) is 8.12. The molecule has 24 heavy (non-hydrogen) atoms. The Kier molecular flexibility index (Phi) is 6.40. The quantitative estimate of drug-likeness (QED) is 0.856. The Morgan fingerprint density at radius 2 is 1.96 bits per heavy atom. The lowest BCUT2D eigenvalue weighted by Gasteiger charge is -2.31. The molecule has 1 N–H and O–H groups in total. The van der Waals surface area contributed by atoms with Crippen LogP contribution < -0.4 is 4.72 Å². The molecule has 5 nitrogen and oxygen atoms in total. The number of carbonyl (C=O) groups excluding carboxylic acids is 1.